The van der Waals surface area contributed by atoms with Crippen LogP contribution in [0, 0.1) is 0 Å². The molecule has 0 saturated carbocycles. The van der Waals surface area contributed by atoms with E-state index in [1.54, 1.807) is 29.2 Å². The lowest BCUT2D eigenvalue weighted by Gasteiger charge is -2.27. The van der Waals surface area contributed by atoms with E-state index < -0.39 is 6.36 Å². The summed E-state index contributed by atoms with van der Waals surface area (Å²) in [6.45, 7) is 2.18. The van der Waals surface area contributed by atoms with Crippen LogP contribution in [0.2, 0.25) is 0 Å². The number of benzene rings is 1. The molecule has 0 atom stereocenters. The zero-order valence-electron chi connectivity index (χ0n) is 17.4. The van der Waals surface area contributed by atoms with Gasteiger partial charge in [-0.05, 0) is 29.3 Å². The quantitative estimate of drug-likeness (QED) is 0.631. The van der Waals surface area contributed by atoms with Crippen LogP contribution in [0.15, 0.2) is 48.8 Å². The average Bonchev–Trinajstić information content (AvgIpc) is 3.09. The van der Waals surface area contributed by atoms with Gasteiger partial charge >= 0.3 is 6.36 Å². The maximum absolute atomic E-state index is 12.8. The summed E-state index contributed by atoms with van der Waals surface area (Å²) in [6, 6.07) is 9.53. The van der Waals surface area contributed by atoms with E-state index in [4.69, 9.17) is 0 Å². The molecular weight excluding hydrogens is 423 g/mol. The maximum atomic E-state index is 12.8. The molecule has 2 aromatic heterocycles. The SMILES string of the molecule is Cn1nc(C(=O)NCc2cccnc2)c2c1CCN(Cc1ccc(OC(F)(F)F)cc1)C2. The number of pyridine rings is 1. The van der Waals surface area contributed by atoms with Crippen LogP contribution in [0.25, 0.3) is 0 Å². The minimum absolute atomic E-state index is 0.248. The van der Waals surface area contributed by atoms with E-state index in [9.17, 15) is 18.0 Å². The molecule has 1 amide bonds. The Kier molecular flexibility index (Phi) is 6.13. The highest BCUT2D eigenvalue weighted by molar-refractivity contribution is 5.94. The molecule has 0 saturated heterocycles. The summed E-state index contributed by atoms with van der Waals surface area (Å²) in [6.07, 6.45) is -0.615. The fraction of sp³-hybridized carbons (Fsp3) is 0.318. The van der Waals surface area contributed by atoms with Crippen molar-refractivity contribution in [1.29, 1.82) is 0 Å². The average molecular weight is 445 g/mol. The number of rotatable bonds is 6. The highest BCUT2D eigenvalue weighted by Gasteiger charge is 2.31. The third-order valence-electron chi connectivity index (χ3n) is 5.28. The number of halogens is 3. The number of fused-ring (bicyclic) bond motifs is 1. The highest BCUT2D eigenvalue weighted by atomic mass is 19.4. The zero-order chi connectivity index (χ0) is 22.7. The summed E-state index contributed by atoms with van der Waals surface area (Å²) in [5.74, 6) is -0.497. The Morgan fingerprint density at radius 3 is 2.66 bits per heavy atom. The molecule has 0 fully saturated rings. The second kappa shape index (κ2) is 8.99. The third-order valence-corrected chi connectivity index (χ3v) is 5.28. The van der Waals surface area contributed by atoms with Crippen molar-refractivity contribution < 1.29 is 22.7 Å². The molecule has 0 unspecified atom stereocenters. The van der Waals surface area contributed by atoms with Crippen molar-refractivity contribution in [1.82, 2.24) is 25.0 Å². The Morgan fingerprint density at radius 1 is 1.19 bits per heavy atom. The van der Waals surface area contributed by atoms with Gasteiger partial charge in [0.2, 0.25) is 0 Å². The molecule has 7 nitrogen and oxygen atoms in total. The van der Waals surface area contributed by atoms with Crippen molar-refractivity contribution in [3.63, 3.8) is 0 Å². The van der Waals surface area contributed by atoms with Crippen LogP contribution in [0.3, 0.4) is 0 Å². The first-order chi connectivity index (χ1) is 15.3. The Labute approximate surface area is 182 Å². The summed E-state index contributed by atoms with van der Waals surface area (Å²) in [7, 11) is 1.83. The molecule has 32 heavy (non-hydrogen) atoms. The number of carbonyl (C=O) groups is 1. The van der Waals surface area contributed by atoms with E-state index in [0.717, 1.165) is 35.3 Å². The lowest BCUT2D eigenvalue weighted by Crippen LogP contribution is -2.32. The number of ether oxygens (including phenoxy) is 1. The normalized spacial score (nSPS) is 14.1. The third kappa shape index (κ3) is 5.25. The molecule has 168 valence electrons. The first-order valence-corrected chi connectivity index (χ1v) is 10.1. The van der Waals surface area contributed by atoms with Crippen LogP contribution in [-0.4, -0.2) is 38.5 Å². The second-order valence-corrected chi connectivity index (χ2v) is 7.59. The second-order valence-electron chi connectivity index (χ2n) is 7.59. The monoisotopic (exact) mass is 445 g/mol. The molecule has 4 rings (SSSR count). The van der Waals surface area contributed by atoms with Crippen LogP contribution >= 0.6 is 0 Å². The highest BCUT2D eigenvalue weighted by Crippen LogP contribution is 2.26. The molecule has 0 bridgehead atoms. The van der Waals surface area contributed by atoms with Crippen LogP contribution in [0.1, 0.15) is 32.9 Å². The van der Waals surface area contributed by atoms with Gasteiger partial charge in [0.05, 0.1) is 0 Å². The zero-order valence-corrected chi connectivity index (χ0v) is 17.4. The van der Waals surface area contributed by atoms with Crippen LogP contribution < -0.4 is 10.1 Å². The predicted octanol–water partition coefficient (Wildman–Crippen LogP) is 3.20. The molecule has 3 heterocycles. The van der Waals surface area contributed by atoms with Gasteiger partial charge in [-0.2, -0.15) is 5.10 Å². The first kappa shape index (κ1) is 21.8. The molecule has 0 aliphatic carbocycles. The van der Waals surface area contributed by atoms with Gasteiger partial charge in [0, 0.05) is 63.3 Å². The lowest BCUT2D eigenvalue weighted by molar-refractivity contribution is -0.274. The molecular formula is C22H22F3N5O2. The summed E-state index contributed by atoms with van der Waals surface area (Å²) in [4.78, 5) is 19.0. The molecule has 1 aliphatic rings. The smallest absolute Gasteiger partial charge is 0.406 e. The molecule has 3 aromatic rings. The van der Waals surface area contributed by atoms with Crippen molar-refractivity contribution in [2.45, 2.75) is 32.4 Å². The molecule has 1 aliphatic heterocycles. The summed E-state index contributed by atoms with van der Waals surface area (Å²) in [5, 5.41) is 7.32. The number of carbonyl (C=O) groups excluding carboxylic acids is 1. The van der Waals surface area contributed by atoms with Gasteiger partial charge < -0.3 is 10.1 Å². The van der Waals surface area contributed by atoms with Crippen LogP contribution in [0.4, 0.5) is 13.2 Å². The van der Waals surface area contributed by atoms with Crippen LogP contribution in [0.5, 0.6) is 5.75 Å². The minimum Gasteiger partial charge on any atom is -0.406 e. The molecule has 10 heteroatoms. The number of hydrogen-bond donors (Lipinski definition) is 1. The van der Waals surface area contributed by atoms with Crippen molar-refractivity contribution in [2.24, 2.45) is 7.05 Å². The number of alkyl halides is 3. The first-order valence-electron chi connectivity index (χ1n) is 10.1. The van der Waals surface area contributed by atoms with Gasteiger partial charge in [-0.1, -0.05) is 18.2 Å². The Hall–Kier alpha value is -3.40. The summed E-state index contributed by atoms with van der Waals surface area (Å²) >= 11 is 0. The van der Waals surface area contributed by atoms with Gasteiger partial charge in [-0.3, -0.25) is 19.4 Å². The molecule has 0 radical (unpaired) electrons. The maximum Gasteiger partial charge on any atom is 0.573 e. The Balaban J connectivity index is 1.42. The van der Waals surface area contributed by atoms with E-state index in [1.165, 1.54) is 12.1 Å². The number of aryl methyl sites for hydroxylation is 1. The Bertz CT molecular complexity index is 1080. The number of amides is 1. The predicted molar refractivity (Wildman–Crippen MR) is 110 cm³/mol. The number of aromatic nitrogens is 3. The minimum atomic E-state index is -4.71. The number of nitrogens with zero attached hydrogens (tertiary/aromatic N) is 4. The van der Waals surface area contributed by atoms with Crippen molar-refractivity contribution >= 4 is 5.91 Å². The standard InChI is InChI=1S/C22H22F3N5O2/c1-29-19-8-10-30(13-15-4-6-17(7-5-15)32-22(23,24)25)14-18(19)20(28-29)21(31)27-12-16-3-2-9-26-11-16/h2-7,9,11H,8,10,12-14H2,1H3,(H,27,31). The largest absolute Gasteiger partial charge is 0.573 e. The lowest BCUT2D eigenvalue weighted by atomic mass is 10.0. The molecule has 1 N–H and O–H groups in total. The van der Waals surface area contributed by atoms with E-state index in [2.05, 4.69) is 25.0 Å². The topological polar surface area (TPSA) is 72.3 Å². The van der Waals surface area contributed by atoms with Crippen molar-refractivity contribution in [3.8, 4) is 5.75 Å². The van der Waals surface area contributed by atoms with E-state index >= 15 is 0 Å². The van der Waals surface area contributed by atoms with Gasteiger partial charge in [0.25, 0.3) is 5.91 Å². The summed E-state index contributed by atoms with van der Waals surface area (Å²) in [5.41, 5.74) is 4.03. The van der Waals surface area contributed by atoms with Crippen LogP contribution in [-0.2, 0) is 33.1 Å². The van der Waals surface area contributed by atoms with Gasteiger partial charge in [0.1, 0.15) is 5.75 Å². The number of nitrogens with one attached hydrogen (secondary N) is 1. The van der Waals surface area contributed by atoms with E-state index in [-0.39, 0.29) is 11.7 Å². The molecule has 0 spiro atoms. The van der Waals surface area contributed by atoms with E-state index in [1.807, 2.05) is 19.2 Å². The van der Waals surface area contributed by atoms with E-state index in [0.29, 0.717) is 25.3 Å². The number of hydrogen-bond acceptors (Lipinski definition) is 5. The fourth-order valence-corrected chi connectivity index (χ4v) is 3.79. The van der Waals surface area contributed by atoms with Crippen molar-refractivity contribution in [3.05, 3.63) is 76.9 Å². The molecule has 1 aromatic carbocycles. The Morgan fingerprint density at radius 2 is 1.97 bits per heavy atom. The van der Waals surface area contributed by atoms with Gasteiger partial charge in [-0.15, -0.1) is 13.2 Å². The van der Waals surface area contributed by atoms with Crippen molar-refractivity contribution in [2.75, 3.05) is 6.54 Å². The fourth-order valence-electron chi connectivity index (χ4n) is 3.79. The van der Waals surface area contributed by atoms with Gasteiger partial charge in [0.15, 0.2) is 5.69 Å². The van der Waals surface area contributed by atoms with Gasteiger partial charge in [-0.25, -0.2) is 0 Å². The summed E-state index contributed by atoms with van der Waals surface area (Å²) < 4.78 is 42.7.